The Morgan fingerprint density at radius 1 is 1.67 bits per heavy atom. The smallest absolute Gasteiger partial charge is 0.0625 e. The van der Waals surface area contributed by atoms with Crippen LogP contribution in [0.3, 0.4) is 0 Å². The molecule has 1 nitrogen and oxygen atoms in total. The van der Waals surface area contributed by atoms with E-state index in [9.17, 15) is 5.11 Å². The van der Waals surface area contributed by atoms with Crippen molar-refractivity contribution >= 4 is 0 Å². The first-order valence-corrected chi connectivity index (χ1v) is 3.40. The maximum absolute atomic E-state index is 9.41. The Kier molecular flexibility index (Phi) is 1.39. The van der Waals surface area contributed by atoms with Crippen LogP contribution in [-0.4, -0.2) is 10.7 Å². The summed E-state index contributed by atoms with van der Waals surface area (Å²) in [6, 6.07) is 0. The molecular weight excluding hydrogens is 112 g/mol. The van der Waals surface area contributed by atoms with Gasteiger partial charge >= 0.3 is 0 Å². The van der Waals surface area contributed by atoms with Gasteiger partial charge in [0.1, 0.15) is 0 Å². The third-order valence-corrected chi connectivity index (χ3v) is 2.05. The summed E-state index contributed by atoms with van der Waals surface area (Å²) in [4.78, 5) is 0. The summed E-state index contributed by atoms with van der Waals surface area (Å²) >= 11 is 0. The summed E-state index contributed by atoms with van der Waals surface area (Å²) in [6.07, 6.45) is 3.05. The van der Waals surface area contributed by atoms with Gasteiger partial charge in [-0.15, -0.1) is 6.58 Å². The van der Waals surface area contributed by atoms with Crippen LogP contribution in [0.15, 0.2) is 12.7 Å². The highest BCUT2D eigenvalue weighted by Gasteiger charge is 2.44. The molecule has 1 N–H and O–H groups in total. The van der Waals surface area contributed by atoms with E-state index in [1.165, 1.54) is 0 Å². The molecule has 1 aliphatic rings. The van der Waals surface area contributed by atoms with Gasteiger partial charge < -0.3 is 5.11 Å². The van der Waals surface area contributed by atoms with E-state index in [0.29, 0.717) is 11.8 Å². The first-order valence-electron chi connectivity index (χ1n) is 3.40. The summed E-state index contributed by atoms with van der Waals surface area (Å²) in [7, 11) is 0. The standard InChI is InChI=1S/C8H14O/c1-4-6-5-7(6)8(2,3)9/h4,6-7,9H,1,5H2,2-3H3. The summed E-state index contributed by atoms with van der Waals surface area (Å²) in [6.45, 7) is 7.40. The lowest BCUT2D eigenvalue weighted by Gasteiger charge is -2.15. The third-order valence-electron chi connectivity index (χ3n) is 2.05. The van der Waals surface area contributed by atoms with E-state index < -0.39 is 5.60 Å². The molecule has 0 bridgehead atoms. The second kappa shape index (κ2) is 1.84. The Bertz CT molecular complexity index is 121. The third kappa shape index (κ3) is 1.33. The summed E-state index contributed by atoms with van der Waals surface area (Å²) in [5.74, 6) is 1.04. The van der Waals surface area contributed by atoms with E-state index in [1.54, 1.807) is 0 Å². The summed E-state index contributed by atoms with van der Waals surface area (Å²) in [5.41, 5.74) is -0.487. The molecule has 0 saturated heterocycles. The van der Waals surface area contributed by atoms with Crippen molar-refractivity contribution in [1.29, 1.82) is 0 Å². The normalized spacial score (nSPS) is 34.1. The minimum Gasteiger partial charge on any atom is -0.390 e. The van der Waals surface area contributed by atoms with Gasteiger partial charge in [0.25, 0.3) is 0 Å². The molecule has 0 aromatic rings. The predicted molar refractivity (Wildman–Crippen MR) is 38.1 cm³/mol. The van der Waals surface area contributed by atoms with Crippen molar-refractivity contribution in [2.24, 2.45) is 11.8 Å². The fourth-order valence-corrected chi connectivity index (χ4v) is 1.29. The molecule has 0 heterocycles. The highest BCUT2D eigenvalue weighted by Crippen LogP contribution is 2.46. The lowest BCUT2D eigenvalue weighted by molar-refractivity contribution is 0.0533. The summed E-state index contributed by atoms with van der Waals surface area (Å²) < 4.78 is 0. The molecule has 0 spiro atoms. The van der Waals surface area contributed by atoms with Gasteiger partial charge in [0.2, 0.25) is 0 Å². The van der Waals surface area contributed by atoms with Crippen LogP contribution in [0.5, 0.6) is 0 Å². The second-order valence-electron chi connectivity index (χ2n) is 3.40. The van der Waals surface area contributed by atoms with Crippen molar-refractivity contribution < 1.29 is 5.11 Å². The van der Waals surface area contributed by atoms with Crippen LogP contribution in [0.2, 0.25) is 0 Å². The van der Waals surface area contributed by atoms with Gasteiger partial charge in [-0.25, -0.2) is 0 Å². The fraction of sp³-hybridized carbons (Fsp3) is 0.750. The number of allylic oxidation sites excluding steroid dienone is 1. The molecule has 1 fully saturated rings. The van der Waals surface area contributed by atoms with Crippen LogP contribution in [0.25, 0.3) is 0 Å². The zero-order valence-corrected chi connectivity index (χ0v) is 6.09. The van der Waals surface area contributed by atoms with Gasteiger partial charge in [0.15, 0.2) is 0 Å². The Balaban J connectivity index is 2.42. The molecule has 1 heteroatoms. The van der Waals surface area contributed by atoms with Crippen LogP contribution >= 0.6 is 0 Å². The first kappa shape index (κ1) is 6.81. The highest BCUT2D eigenvalue weighted by atomic mass is 16.3. The first-order chi connectivity index (χ1) is 4.05. The van der Waals surface area contributed by atoms with E-state index in [0.717, 1.165) is 6.42 Å². The van der Waals surface area contributed by atoms with Crippen molar-refractivity contribution in [3.05, 3.63) is 12.7 Å². The van der Waals surface area contributed by atoms with E-state index in [4.69, 9.17) is 0 Å². The predicted octanol–water partition coefficient (Wildman–Crippen LogP) is 1.58. The monoisotopic (exact) mass is 126 g/mol. The van der Waals surface area contributed by atoms with Crippen molar-refractivity contribution in [1.82, 2.24) is 0 Å². The molecule has 0 radical (unpaired) electrons. The Labute approximate surface area is 56.4 Å². The van der Waals surface area contributed by atoms with Gasteiger partial charge in [-0.3, -0.25) is 0 Å². The Hall–Kier alpha value is -0.300. The SMILES string of the molecule is C=CC1CC1C(C)(C)O. The number of hydrogen-bond acceptors (Lipinski definition) is 1. The minimum absolute atomic E-state index is 0.468. The molecule has 1 aliphatic carbocycles. The lowest BCUT2D eigenvalue weighted by atomic mass is 10.0. The average Bonchev–Trinajstić information content (AvgIpc) is 2.39. The topological polar surface area (TPSA) is 20.2 Å². The molecular formula is C8H14O. The Morgan fingerprint density at radius 2 is 2.22 bits per heavy atom. The van der Waals surface area contributed by atoms with Crippen LogP contribution in [-0.2, 0) is 0 Å². The van der Waals surface area contributed by atoms with Crippen LogP contribution in [0.4, 0.5) is 0 Å². The van der Waals surface area contributed by atoms with Crippen LogP contribution in [0, 0.1) is 11.8 Å². The molecule has 1 saturated carbocycles. The number of rotatable bonds is 2. The van der Waals surface area contributed by atoms with E-state index in [2.05, 4.69) is 6.58 Å². The zero-order valence-electron chi connectivity index (χ0n) is 6.09. The maximum Gasteiger partial charge on any atom is 0.0625 e. The molecule has 0 amide bonds. The molecule has 2 atom stereocenters. The summed E-state index contributed by atoms with van der Waals surface area (Å²) in [5, 5.41) is 9.41. The van der Waals surface area contributed by atoms with Gasteiger partial charge in [0.05, 0.1) is 5.60 Å². The van der Waals surface area contributed by atoms with Gasteiger partial charge in [0, 0.05) is 0 Å². The van der Waals surface area contributed by atoms with E-state index in [1.807, 2.05) is 19.9 Å². The van der Waals surface area contributed by atoms with E-state index >= 15 is 0 Å². The van der Waals surface area contributed by atoms with Crippen molar-refractivity contribution in [3.63, 3.8) is 0 Å². The van der Waals surface area contributed by atoms with Gasteiger partial charge in [-0.05, 0) is 32.1 Å². The molecule has 1 rings (SSSR count). The quantitative estimate of drug-likeness (QED) is 0.557. The van der Waals surface area contributed by atoms with Crippen LogP contribution in [0.1, 0.15) is 20.3 Å². The molecule has 0 aromatic carbocycles. The minimum atomic E-state index is -0.487. The van der Waals surface area contributed by atoms with Crippen LogP contribution < -0.4 is 0 Å². The molecule has 2 unspecified atom stereocenters. The van der Waals surface area contributed by atoms with Crippen molar-refractivity contribution in [2.75, 3.05) is 0 Å². The lowest BCUT2D eigenvalue weighted by Crippen LogP contribution is -2.22. The molecule has 0 aliphatic heterocycles. The number of hydrogen-bond donors (Lipinski definition) is 1. The maximum atomic E-state index is 9.41. The highest BCUT2D eigenvalue weighted by molar-refractivity contribution is 5.04. The molecule has 52 valence electrons. The average molecular weight is 126 g/mol. The van der Waals surface area contributed by atoms with Crippen molar-refractivity contribution in [2.45, 2.75) is 25.9 Å². The largest absolute Gasteiger partial charge is 0.390 e. The Morgan fingerprint density at radius 3 is 2.33 bits per heavy atom. The number of aliphatic hydroxyl groups is 1. The zero-order chi connectivity index (χ0) is 7.07. The fourth-order valence-electron chi connectivity index (χ4n) is 1.29. The van der Waals surface area contributed by atoms with Gasteiger partial charge in [-0.1, -0.05) is 6.08 Å². The van der Waals surface area contributed by atoms with E-state index in [-0.39, 0.29) is 0 Å². The second-order valence-corrected chi connectivity index (χ2v) is 3.40. The van der Waals surface area contributed by atoms with Crippen molar-refractivity contribution in [3.8, 4) is 0 Å². The molecule has 0 aromatic heterocycles. The molecule has 9 heavy (non-hydrogen) atoms. The van der Waals surface area contributed by atoms with Gasteiger partial charge in [-0.2, -0.15) is 0 Å².